The summed E-state index contributed by atoms with van der Waals surface area (Å²) in [5.41, 5.74) is 3.38. The van der Waals surface area contributed by atoms with Crippen LogP contribution in [0.25, 0.3) is 0 Å². The van der Waals surface area contributed by atoms with E-state index in [2.05, 4.69) is 17.0 Å². The third-order valence-electron chi connectivity index (χ3n) is 9.68. The zero-order valence-electron chi connectivity index (χ0n) is 23.7. The predicted octanol–water partition coefficient (Wildman–Crippen LogP) is 4.39. The van der Waals surface area contributed by atoms with Crippen molar-refractivity contribution in [3.63, 3.8) is 0 Å². The van der Waals surface area contributed by atoms with Crippen LogP contribution in [-0.2, 0) is 31.3 Å². The molecule has 2 aliphatic heterocycles. The molecule has 3 N–H and O–H groups in total. The Labute approximate surface area is 252 Å². The maximum atomic E-state index is 11.9. The lowest BCUT2D eigenvalue weighted by Gasteiger charge is -2.47. The number of aromatic carboxylic acids is 1. The first-order chi connectivity index (χ1) is 20.1. The third-order valence-corrected chi connectivity index (χ3v) is 10.7. The number of benzene rings is 2. The van der Waals surface area contributed by atoms with Gasteiger partial charge in [0.25, 0.3) is 0 Å². The molecule has 2 aromatic carbocycles. The summed E-state index contributed by atoms with van der Waals surface area (Å²) in [6.07, 6.45) is 6.57. The standard InChI is InChI=1S/C31H39ClN2O7S/c32-23-5-7-26-20(14-23)2-1-10-31(26)18-34(27-15-21(30(35)36)4-8-28(27)41-19-31)17-22-3-6-25(22)29-16-24(9-11-40-29)39-12-13-42(33,37)38/h4-5,7-8,14-15,22,24-25,29H,1-3,6,9-13,16-19H2,(H,35,36)(H2,33,37,38)/t22-,24+,25+,29+,31-/m0/s1. The van der Waals surface area contributed by atoms with Crippen LogP contribution in [0.3, 0.4) is 0 Å². The number of ether oxygens (including phenoxy) is 3. The number of hydrogen-bond acceptors (Lipinski definition) is 7. The third kappa shape index (κ3) is 6.28. The SMILES string of the molecule is NS(=O)(=O)CCO[C@@H]1CCO[C@@H]([C@@H]2CC[C@H]2CN2C[C@@]3(CCCc4cc(Cl)ccc43)COc3ccc(C(=O)O)cc32)C1. The van der Waals surface area contributed by atoms with E-state index in [-0.39, 0.29) is 35.5 Å². The Morgan fingerprint density at radius 1 is 1.19 bits per heavy atom. The molecule has 1 spiro atoms. The molecule has 2 fully saturated rings. The molecule has 6 rings (SSSR count). The zero-order valence-corrected chi connectivity index (χ0v) is 25.2. The highest BCUT2D eigenvalue weighted by Gasteiger charge is 2.45. The van der Waals surface area contributed by atoms with E-state index >= 15 is 0 Å². The molecule has 0 bridgehead atoms. The highest BCUT2D eigenvalue weighted by Crippen LogP contribution is 2.47. The number of fused-ring (bicyclic) bond motifs is 3. The first-order valence-electron chi connectivity index (χ1n) is 14.9. The van der Waals surface area contributed by atoms with E-state index in [1.54, 1.807) is 18.2 Å². The normalized spacial score (nSPS) is 29.1. The number of carboxylic acids is 1. The molecule has 11 heteroatoms. The van der Waals surface area contributed by atoms with Crippen molar-refractivity contribution in [1.82, 2.24) is 0 Å². The molecule has 2 heterocycles. The summed E-state index contributed by atoms with van der Waals surface area (Å²) in [7, 11) is -3.56. The monoisotopic (exact) mass is 618 g/mol. The molecule has 2 aliphatic carbocycles. The van der Waals surface area contributed by atoms with Crippen LogP contribution in [-0.4, -0.2) is 70.4 Å². The molecule has 0 aromatic heterocycles. The highest BCUT2D eigenvalue weighted by molar-refractivity contribution is 7.89. The van der Waals surface area contributed by atoms with Gasteiger partial charge in [-0.05, 0) is 91.8 Å². The number of anilines is 1. The first kappa shape index (κ1) is 29.7. The fraction of sp³-hybridized carbons (Fsp3) is 0.581. The molecule has 2 aromatic rings. The van der Waals surface area contributed by atoms with E-state index in [0.29, 0.717) is 30.8 Å². The number of sulfonamides is 1. The first-order valence-corrected chi connectivity index (χ1v) is 17.0. The Balaban J connectivity index is 1.24. The van der Waals surface area contributed by atoms with Crippen molar-refractivity contribution in [1.29, 1.82) is 0 Å². The van der Waals surface area contributed by atoms with Gasteiger partial charge in [-0.3, -0.25) is 0 Å². The summed E-state index contributed by atoms with van der Waals surface area (Å²) in [4.78, 5) is 14.3. The van der Waals surface area contributed by atoms with Crippen molar-refractivity contribution in [3.05, 3.63) is 58.1 Å². The minimum atomic E-state index is -3.56. The molecule has 9 nitrogen and oxygen atoms in total. The van der Waals surface area contributed by atoms with Crippen LogP contribution in [0.2, 0.25) is 5.02 Å². The Hall–Kier alpha value is -2.37. The van der Waals surface area contributed by atoms with Gasteiger partial charge in [-0.2, -0.15) is 0 Å². The predicted molar refractivity (Wildman–Crippen MR) is 160 cm³/mol. The topological polar surface area (TPSA) is 128 Å². The van der Waals surface area contributed by atoms with Crippen molar-refractivity contribution in [3.8, 4) is 5.75 Å². The summed E-state index contributed by atoms with van der Waals surface area (Å²) in [5.74, 6) is 0.278. The van der Waals surface area contributed by atoms with Crippen LogP contribution in [0.4, 0.5) is 5.69 Å². The minimum absolute atomic E-state index is 0.0385. The van der Waals surface area contributed by atoms with Crippen molar-refractivity contribution >= 4 is 33.3 Å². The largest absolute Gasteiger partial charge is 0.490 e. The quantitative estimate of drug-likeness (QED) is 0.446. The van der Waals surface area contributed by atoms with E-state index in [0.717, 1.165) is 68.7 Å². The Bertz CT molecular complexity index is 1440. The van der Waals surface area contributed by atoms with Crippen molar-refractivity contribution < 1.29 is 32.5 Å². The molecule has 1 saturated carbocycles. The Morgan fingerprint density at radius 3 is 2.81 bits per heavy atom. The van der Waals surface area contributed by atoms with Crippen molar-refractivity contribution in [2.75, 3.05) is 43.6 Å². The molecule has 5 atom stereocenters. The lowest BCUT2D eigenvalue weighted by atomic mass is 9.67. The zero-order chi connectivity index (χ0) is 29.5. The average Bonchev–Trinajstić information content (AvgIpc) is 3.07. The number of halogens is 1. The van der Waals surface area contributed by atoms with Gasteiger partial charge in [-0.1, -0.05) is 17.7 Å². The number of primary sulfonamides is 1. The maximum Gasteiger partial charge on any atom is 0.335 e. The minimum Gasteiger partial charge on any atom is -0.490 e. The molecule has 1 saturated heterocycles. The van der Waals surface area contributed by atoms with Gasteiger partial charge in [0.15, 0.2) is 0 Å². The van der Waals surface area contributed by atoms with Crippen LogP contribution in [0.5, 0.6) is 5.75 Å². The highest BCUT2D eigenvalue weighted by atomic mass is 35.5. The van der Waals surface area contributed by atoms with Crippen molar-refractivity contribution in [2.45, 2.75) is 62.6 Å². The van der Waals surface area contributed by atoms with Gasteiger partial charge >= 0.3 is 5.97 Å². The van der Waals surface area contributed by atoms with E-state index in [4.69, 9.17) is 31.0 Å². The molecule has 0 amide bonds. The van der Waals surface area contributed by atoms with Gasteiger partial charge < -0.3 is 24.2 Å². The van der Waals surface area contributed by atoms with E-state index in [1.165, 1.54) is 11.1 Å². The van der Waals surface area contributed by atoms with Gasteiger partial charge in [0.2, 0.25) is 10.0 Å². The lowest BCUT2D eigenvalue weighted by Crippen LogP contribution is -2.50. The second kappa shape index (κ2) is 12.0. The number of nitrogens with two attached hydrogens (primary N) is 1. The number of hydrogen-bond donors (Lipinski definition) is 2. The molecule has 228 valence electrons. The van der Waals surface area contributed by atoms with E-state index < -0.39 is 16.0 Å². The fourth-order valence-electron chi connectivity index (χ4n) is 7.42. The van der Waals surface area contributed by atoms with E-state index in [9.17, 15) is 18.3 Å². The molecular weight excluding hydrogens is 580 g/mol. The molecular formula is C31H39ClN2O7S. The van der Waals surface area contributed by atoms with Gasteiger partial charge in [-0.25, -0.2) is 18.4 Å². The summed E-state index contributed by atoms with van der Waals surface area (Å²) < 4.78 is 41.2. The number of aryl methyl sites for hydroxylation is 1. The van der Waals surface area contributed by atoms with Gasteiger partial charge in [0.1, 0.15) is 5.75 Å². The molecule has 0 radical (unpaired) electrons. The Morgan fingerprint density at radius 2 is 2.05 bits per heavy atom. The average molecular weight is 619 g/mol. The summed E-state index contributed by atoms with van der Waals surface area (Å²) in [6.45, 7) is 2.69. The van der Waals surface area contributed by atoms with Crippen LogP contribution in [0.15, 0.2) is 36.4 Å². The van der Waals surface area contributed by atoms with Gasteiger partial charge in [0.05, 0.1) is 42.4 Å². The van der Waals surface area contributed by atoms with Crippen LogP contribution in [0.1, 0.15) is 60.0 Å². The van der Waals surface area contributed by atoms with Crippen LogP contribution < -0.4 is 14.8 Å². The van der Waals surface area contributed by atoms with Gasteiger partial charge in [-0.15, -0.1) is 0 Å². The summed E-state index contributed by atoms with van der Waals surface area (Å²) in [6, 6.07) is 11.3. The van der Waals surface area contributed by atoms with Crippen LogP contribution in [0, 0.1) is 11.8 Å². The lowest BCUT2D eigenvalue weighted by molar-refractivity contribution is -0.115. The fourth-order valence-corrected chi connectivity index (χ4v) is 7.94. The maximum absolute atomic E-state index is 11.9. The second-order valence-electron chi connectivity index (χ2n) is 12.4. The molecule has 4 aliphatic rings. The number of nitrogens with zero attached hydrogens (tertiary/aromatic N) is 1. The number of carboxylic acid groups (broad SMARTS) is 1. The number of carbonyl (C=O) groups is 1. The summed E-state index contributed by atoms with van der Waals surface area (Å²) >= 11 is 6.38. The van der Waals surface area contributed by atoms with Crippen LogP contribution >= 0.6 is 11.6 Å². The van der Waals surface area contributed by atoms with Crippen molar-refractivity contribution in [2.24, 2.45) is 17.0 Å². The second-order valence-corrected chi connectivity index (χ2v) is 14.6. The molecule has 0 unspecified atom stereocenters. The number of rotatable bonds is 8. The van der Waals surface area contributed by atoms with Gasteiger partial charge in [0, 0.05) is 36.6 Å². The Kier molecular flexibility index (Phi) is 8.45. The summed E-state index contributed by atoms with van der Waals surface area (Å²) in [5, 5.41) is 15.7. The smallest absolute Gasteiger partial charge is 0.335 e. The molecule has 42 heavy (non-hydrogen) atoms. The van der Waals surface area contributed by atoms with E-state index in [1.807, 2.05) is 6.07 Å².